The number of benzene rings is 1. The third kappa shape index (κ3) is 2.65. The van der Waals surface area contributed by atoms with E-state index in [4.69, 9.17) is 0 Å². The molecular formula is C13H17FO. The lowest BCUT2D eigenvalue weighted by molar-refractivity contribution is 0.0899. The van der Waals surface area contributed by atoms with E-state index in [1.807, 2.05) is 20.8 Å². The quantitative estimate of drug-likeness (QED) is 0.693. The molecule has 1 unspecified atom stereocenters. The maximum Gasteiger partial charge on any atom is 0.166 e. The van der Waals surface area contributed by atoms with E-state index in [9.17, 15) is 9.18 Å². The molecule has 2 heteroatoms. The van der Waals surface area contributed by atoms with Crippen LogP contribution in [-0.2, 0) is 0 Å². The van der Waals surface area contributed by atoms with E-state index in [0.717, 1.165) is 0 Å². The normalized spacial score (nSPS) is 12.9. The Morgan fingerprint density at radius 2 is 1.87 bits per heavy atom. The molecule has 0 spiro atoms. The van der Waals surface area contributed by atoms with E-state index in [2.05, 4.69) is 0 Å². The van der Waals surface area contributed by atoms with Crippen LogP contribution >= 0.6 is 0 Å². The van der Waals surface area contributed by atoms with E-state index in [-0.39, 0.29) is 17.5 Å². The minimum Gasteiger partial charge on any atom is -0.294 e. The van der Waals surface area contributed by atoms with E-state index in [0.29, 0.717) is 17.0 Å². The maximum absolute atomic E-state index is 12.9. The van der Waals surface area contributed by atoms with E-state index in [1.165, 1.54) is 12.1 Å². The van der Waals surface area contributed by atoms with Crippen molar-refractivity contribution in [2.75, 3.05) is 0 Å². The number of ketones is 1. The first-order valence-corrected chi connectivity index (χ1v) is 5.24. The van der Waals surface area contributed by atoms with Gasteiger partial charge in [0.1, 0.15) is 5.82 Å². The molecule has 0 N–H and O–H groups in total. The van der Waals surface area contributed by atoms with Crippen molar-refractivity contribution >= 4 is 5.78 Å². The number of rotatable bonds is 3. The van der Waals surface area contributed by atoms with Crippen LogP contribution in [0.3, 0.4) is 0 Å². The van der Waals surface area contributed by atoms with Gasteiger partial charge >= 0.3 is 0 Å². The Bertz CT molecular complexity index is 369. The van der Waals surface area contributed by atoms with Crippen molar-refractivity contribution in [3.8, 4) is 0 Å². The molecule has 0 heterocycles. The molecule has 1 rings (SSSR count). The highest BCUT2D eigenvalue weighted by molar-refractivity contribution is 5.99. The Hall–Kier alpha value is -1.18. The number of hydrogen-bond acceptors (Lipinski definition) is 1. The minimum atomic E-state index is -0.291. The first-order chi connectivity index (χ1) is 6.93. The van der Waals surface area contributed by atoms with Crippen molar-refractivity contribution in [2.45, 2.75) is 27.7 Å². The Morgan fingerprint density at radius 3 is 2.33 bits per heavy atom. The summed E-state index contributed by atoms with van der Waals surface area (Å²) in [6, 6.07) is 4.32. The van der Waals surface area contributed by atoms with Crippen molar-refractivity contribution in [1.29, 1.82) is 0 Å². The Morgan fingerprint density at radius 1 is 1.27 bits per heavy atom. The minimum absolute atomic E-state index is 0.0193. The number of halogens is 1. The predicted molar refractivity (Wildman–Crippen MR) is 59.5 cm³/mol. The third-order valence-corrected chi connectivity index (χ3v) is 2.87. The highest BCUT2D eigenvalue weighted by Gasteiger charge is 2.19. The van der Waals surface area contributed by atoms with Gasteiger partial charge in [0.2, 0.25) is 0 Å². The molecule has 1 nitrogen and oxygen atoms in total. The summed E-state index contributed by atoms with van der Waals surface area (Å²) in [5.41, 5.74) is 1.35. The molecule has 1 aromatic rings. The van der Waals surface area contributed by atoms with Gasteiger partial charge < -0.3 is 0 Å². The van der Waals surface area contributed by atoms with Gasteiger partial charge in [-0.15, -0.1) is 0 Å². The fourth-order valence-corrected chi connectivity index (χ4v) is 1.45. The lowest BCUT2D eigenvalue weighted by Crippen LogP contribution is -2.18. The molecule has 82 valence electrons. The second kappa shape index (κ2) is 4.56. The van der Waals surface area contributed by atoms with Crippen molar-refractivity contribution in [2.24, 2.45) is 11.8 Å². The summed E-state index contributed by atoms with van der Waals surface area (Å²) in [5, 5.41) is 0. The van der Waals surface area contributed by atoms with Gasteiger partial charge in [-0.1, -0.05) is 20.8 Å². The second-order valence-corrected chi connectivity index (χ2v) is 4.36. The average Bonchev–Trinajstić information content (AvgIpc) is 2.15. The van der Waals surface area contributed by atoms with Crippen LogP contribution in [0.15, 0.2) is 18.2 Å². The largest absolute Gasteiger partial charge is 0.294 e. The second-order valence-electron chi connectivity index (χ2n) is 4.36. The lowest BCUT2D eigenvalue weighted by atomic mass is 9.88. The van der Waals surface area contributed by atoms with E-state index >= 15 is 0 Å². The van der Waals surface area contributed by atoms with Crippen molar-refractivity contribution < 1.29 is 9.18 Å². The number of Topliss-reactive ketones (excluding diaryl/α,β-unsaturated/α-hetero) is 1. The number of hydrogen-bond donors (Lipinski definition) is 0. The SMILES string of the molecule is Cc1cc(F)ccc1C(=O)C(C)C(C)C. The van der Waals surface area contributed by atoms with Crippen molar-refractivity contribution in [3.05, 3.63) is 35.1 Å². The highest BCUT2D eigenvalue weighted by atomic mass is 19.1. The molecule has 0 aliphatic carbocycles. The molecule has 0 radical (unpaired) electrons. The summed E-state index contributed by atoms with van der Waals surface area (Å²) in [6.07, 6.45) is 0. The summed E-state index contributed by atoms with van der Waals surface area (Å²) in [7, 11) is 0. The number of aryl methyl sites for hydroxylation is 1. The fourth-order valence-electron chi connectivity index (χ4n) is 1.45. The molecule has 1 aromatic carbocycles. The first kappa shape index (κ1) is 11.9. The number of carbonyl (C=O) groups is 1. The zero-order valence-corrected chi connectivity index (χ0v) is 9.67. The van der Waals surface area contributed by atoms with Crippen LogP contribution in [0, 0.1) is 24.6 Å². The van der Waals surface area contributed by atoms with Gasteiger partial charge in [-0.05, 0) is 36.6 Å². The van der Waals surface area contributed by atoms with Crippen LogP contribution in [0.1, 0.15) is 36.7 Å². The molecular weight excluding hydrogens is 191 g/mol. The molecule has 0 amide bonds. The molecule has 0 fully saturated rings. The van der Waals surface area contributed by atoms with Crippen molar-refractivity contribution in [1.82, 2.24) is 0 Å². The summed E-state index contributed by atoms with van der Waals surface area (Å²) in [6.45, 7) is 7.71. The molecule has 0 aliphatic rings. The van der Waals surface area contributed by atoms with Crippen LogP contribution in [0.25, 0.3) is 0 Å². The maximum atomic E-state index is 12.9. The molecule has 0 bridgehead atoms. The summed E-state index contributed by atoms with van der Waals surface area (Å²) in [4.78, 5) is 12.0. The lowest BCUT2D eigenvalue weighted by Gasteiger charge is -2.15. The summed E-state index contributed by atoms with van der Waals surface area (Å²) < 4.78 is 12.9. The molecule has 0 aliphatic heterocycles. The van der Waals surface area contributed by atoms with Crippen molar-refractivity contribution in [3.63, 3.8) is 0 Å². The summed E-state index contributed by atoms with van der Waals surface area (Å²) in [5.74, 6) is 0.0971. The highest BCUT2D eigenvalue weighted by Crippen LogP contribution is 2.19. The first-order valence-electron chi connectivity index (χ1n) is 5.24. The zero-order chi connectivity index (χ0) is 11.6. The predicted octanol–water partition coefficient (Wildman–Crippen LogP) is 3.61. The van der Waals surface area contributed by atoms with Crippen LogP contribution in [0.5, 0.6) is 0 Å². The average molecular weight is 208 g/mol. The molecule has 0 saturated carbocycles. The van der Waals surface area contributed by atoms with Crippen LogP contribution < -0.4 is 0 Å². The van der Waals surface area contributed by atoms with E-state index < -0.39 is 0 Å². The van der Waals surface area contributed by atoms with Gasteiger partial charge in [-0.2, -0.15) is 0 Å². The standard InChI is InChI=1S/C13H17FO/c1-8(2)10(4)13(15)12-6-5-11(14)7-9(12)3/h5-8,10H,1-4H3. The van der Waals surface area contributed by atoms with Crippen LogP contribution in [0.2, 0.25) is 0 Å². The monoisotopic (exact) mass is 208 g/mol. The fraction of sp³-hybridized carbons (Fsp3) is 0.462. The van der Waals surface area contributed by atoms with Gasteiger partial charge in [0.15, 0.2) is 5.78 Å². The van der Waals surface area contributed by atoms with Crippen LogP contribution in [0.4, 0.5) is 4.39 Å². The van der Waals surface area contributed by atoms with Gasteiger partial charge in [0.05, 0.1) is 0 Å². The van der Waals surface area contributed by atoms with Gasteiger partial charge in [0.25, 0.3) is 0 Å². The Balaban J connectivity index is 3.01. The molecule has 1 atom stereocenters. The van der Waals surface area contributed by atoms with Gasteiger partial charge in [0, 0.05) is 11.5 Å². The molecule has 0 saturated heterocycles. The van der Waals surface area contributed by atoms with Gasteiger partial charge in [-0.25, -0.2) is 4.39 Å². The molecule has 0 aromatic heterocycles. The van der Waals surface area contributed by atoms with E-state index in [1.54, 1.807) is 13.0 Å². The topological polar surface area (TPSA) is 17.1 Å². The Labute approximate surface area is 90.3 Å². The Kier molecular flexibility index (Phi) is 3.61. The zero-order valence-electron chi connectivity index (χ0n) is 9.67. The molecule has 15 heavy (non-hydrogen) atoms. The smallest absolute Gasteiger partial charge is 0.166 e. The number of carbonyl (C=O) groups excluding carboxylic acids is 1. The van der Waals surface area contributed by atoms with Crippen LogP contribution in [-0.4, -0.2) is 5.78 Å². The van der Waals surface area contributed by atoms with Gasteiger partial charge in [-0.3, -0.25) is 4.79 Å². The summed E-state index contributed by atoms with van der Waals surface area (Å²) >= 11 is 0. The third-order valence-electron chi connectivity index (χ3n) is 2.87.